The number of aryl methyl sites for hydroxylation is 3. The van der Waals surface area contributed by atoms with E-state index in [2.05, 4.69) is 5.10 Å². The SMILES string of the molecule is Cc1cccc(-n2c(C)nn(C)c2=O)c1. The van der Waals surface area contributed by atoms with Gasteiger partial charge in [-0.1, -0.05) is 12.1 Å². The number of benzene rings is 1. The molecule has 0 aliphatic rings. The molecule has 0 aliphatic heterocycles. The molecule has 4 heteroatoms. The lowest BCUT2D eigenvalue weighted by molar-refractivity contribution is 0.723. The van der Waals surface area contributed by atoms with Gasteiger partial charge in [0.2, 0.25) is 0 Å². The van der Waals surface area contributed by atoms with E-state index in [1.807, 2.05) is 38.1 Å². The molecule has 0 saturated heterocycles. The van der Waals surface area contributed by atoms with Crippen LogP contribution >= 0.6 is 0 Å². The molecule has 15 heavy (non-hydrogen) atoms. The van der Waals surface area contributed by atoms with Gasteiger partial charge in [0, 0.05) is 7.05 Å². The van der Waals surface area contributed by atoms with Crippen LogP contribution < -0.4 is 5.69 Å². The van der Waals surface area contributed by atoms with E-state index < -0.39 is 0 Å². The van der Waals surface area contributed by atoms with Crippen molar-refractivity contribution in [2.75, 3.05) is 0 Å². The van der Waals surface area contributed by atoms with Gasteiger partial charge in [-0.15, -0.1) is 0 Å². The van der Waals surface area contributed by atoms with Crippen molar-refractivity contribution in [3.63, 3.8) is 0 Å². The van der Waals surface area contributed by atoms with Gasteiger partial charge in [-0.05, 0) is 31.5 Å². The molecule has 0 aliphatic carbocycles. The predicted molar refractivity (Wildman–Crippen MR) is 58.3 cm³/mol. The third-order valence-corrected chi connectivity index (χ3v) is 2.35. The number of nitrogens with zero attached hydrogens (tertiary/aromatic N) is 3. The van der Waals surface area contributed by atoms with Gasteiger partial charge in [0.15, 0.2) is 0 Å². The monoisotopic (exact) mass is 203 g/mol. The summed E-state index contributed by atoms with van der Waals surface area (Å²) in [5.41, 5.74) is 1.88. The highest BCUT2D eigenvalue weighted by Gasteiger charge is 2.08. The summed E-state index contributed by atoms with van der Waals surface area (Å²) in [6.07, 6.45) is 0. The third-order valence-electron chi connectivity index (χ3n) is 2.35. The van der Waals surface area contributed by atoms with E-state index in [9.17, 15) is 4.79 Å². The first-order valence-corrected chi connectivity index (χ1v) is 4.79. The molecular formula is C11H13N3O. The van der Waals surface area contributed by atoms with E-state index >= 15 is 0 Å². The van der Waals surface area contributed by atoms with Crippen LogP contribution in [0.2, 0.25) is 0 Å². The molecule has 0 bridgehead atoms. The topological polar surface area (TPSA) is 39.8 Å². The van der Waals surface area contributed by atoms with Crippen molar-refractivity contribution < 1.29 is 0 Å². The van der Waals surface area contributed by atoms with E-state index in [-0.39, 0.29) is 5.69 Å². The fraction of sp³-hybridized carbons (Fsp3) is 0.273. The molecule has 0 unspecified atom stereocenters. The van der Waals surface area contributed by atoms with Crippen LogP contribution in [0.3, 0.4) is 0 Å². The minimum Gasteiger partial charge on any atom is -0.247 e. The number of rotatable bonds is 1. The maximum atomic E-state index is 11.8. The summed E-state index contributed by atoms with van der Waals surface area (Å²) >= 11 is 0. The molecule has 2 aromatic rings. The largest absolute Gasteiger partial charge is 0.350 e. The normalized spacial score (nSPS) is 10.6. The van der Waals surface area contributed by atoms with Crippen molar-refractivity contribution in [2.45, 2.75) is 13.8 Å². The molecule has 0 fully saturated rings. The van der Waals surface area contributed by atoms with Crippen molar-refractivity contribution >= 4 is 0 Å². The highest BCUT2D eigenvalue weighted by atomic mass is 16.2. The average molecular weight is 203 g/mol. The molecule has 1 aromatic carbocycles. The van der Waals surface area contributed by atoms with Gasteiger partial charge in [-0.2, -0.15) is 5.10 Å². The first-order valence-electron chi connectivity index (χ1n) is 4.79. The number of hydrogen-bond donors (Lipinski definition) is 0. The molecule has 4 nitrogen and oxygen atoms in total. The second-order valence-corrected chi connectivity index (χ2v) is 3.63. The Kier molecular flexibility index (Phi) is 2.19. The maximum Gasteiger partial charge on any atom is 0.350 e. The Morgan fingerprint density at radius 1 is 1.27 bits per heavy atom. The van der Waals surface area contributed by atoms with Gasteiger partial charge < -0.3 is 0 Å². The van der Waals surface area contributed by atoms with Crippen LogP contribution in [0.1, 0.15) is 11.4 Å². The van der Waals surface area contributed by atoms with E-state index in [0.29, 0.717) is 5.82 Å². The van der Waals surface area contributed by atoms with Crippen LogP contribution in [-0.2, 0) is 7.05 Å². The molecule has 1 heterocycles. The quantitative estimate of drug-likeness (QED) is 0.698. The van der Waals surface area contributed by atoms with Crippen molar-refractivity contribution in [2.24, 2.45) is 7.05 Å². The lowest BCUT2D eigenvalue weighted by Gasteiger charge is -2.02. The molecular weight excluding hydrogens is 190 g/mol. The van der Waals surface area contributed by atoms with Crippen molar-refractivity contribution in [3.05, 3.63) is 46.1 Å². The summed E-state index contributed by atoms with van der Waals surface area (Å²) in [5.74, 6) is 0.702. The Labute approximate surface area is 87.8 Å². The molecule has 78 valence electrons. The van der Waals surface area contributed by atoms with E-state index in [4.69, 9.17) is 0 Å². The lowest BCUT2D eigenvalue weighted by Crippen LogP contribution is -2.21. The summed E-state index contributed by atoms with van der Waals surface area (Å²) in [6.45, 7) is 3.82. The average Bonchev–Trinajstić information content (AvgIpc) is 2.41. The standard InChI is InChI=1S/C11H13N3O/c1-8-5-4-6-10(7-8)14-9(2)12-13(3)11(14)15/h4-7H,1-3H3. The van der Waals surface area contributed by atoms with Crippen molar-refractivity contribution in [1.29, 1.82) is 0 Å². The zero-order chi connectivity index (χ0) is 11.0. The van der Waals surface area contributed by atoms with E-state index in [1.54, 1.807) is 11.6 Å². The van der Waals surface area contributed by atoms with Gasteiger partial charge in [0.05, 0.1) is 5.69 Å². The summed E-state index contributed by atoms with van der Waals surface area (Å²) in [6, 6.07) is 7.81. The van der Waals surface area contributed by atoms with Crippen LogP contribution in [0.15, 0.2) is 29.1 Å². The Balaban J connectivity index is 2.69. The molecule has 0 N–H and O–H groups in total. The van der Waals surface area contributed by atoms with Crippen LogP contribution in [0, 0.1) is 13.8 Å². The smallest absolute Gasteiger partial charge is 0.247 e. The fourth-order valence-electron chi connectivity index (χ4n) is 1.65. The lowest BCUT2D eigenvalue weighted by atomic mass is 10.2. The molecule has 2 rings (SSSR count). The summed E-state index contributed by atoms with van der Waals surface area (Å²) in [7, 11) is 1.65. The first-order chi connectivity index (χ1) is 7.09. The van der Waals surface area contributed by atoms with E-state index in [0.717, 1.165) is 11.3 Å². The van der Waals surface area contributed by atoms with Crippen molar-refractivity contribution in [1.82, 2.24) is 14.3 Å². The maximum absolute atomic E-state index is 11.8. The molecule has 0 spiro atoms. The second-order valence-electron chi connectivity index (χ2n) is 3.63. The minimum atomic E-state index is -0.113. The molecule has 0 atom stereocenters. The van der Waals surface area contributed by atoms with Gasteiger partial charge in [0.25, 0.3) is 0 Å². The van der Waals surface area contributed by atoms with Gasteiger partial charge in [0.1, 0.15) is 5.82 Å². The fourth-order valence-corrected chi connectivity index (χ4v) is 1.65. The van der Waals surface area contributed by atoms with Crippen LogP contribution in [-0.4, -0.2) is 14.3 Å². The molecule has 0 amide bonds. The molecule has 0 radical (unpaired) electrons. The first kappa shape index (κ1) is 9.71. The summed E-state index contributed by atoms with van der Waals surface area (Å²) < 4.78 is 2.95. The highest BCUT2D eigenvalue weighted by molar-refractivity contribution is 5.35. The van der Waals surface area contributed by atoms with Crippen molar-refractivity contribution in [3.8, 4) is 5.69 Å². The Morgan fingerprint density at radius 2 is 2.00 bits per heavy atom. The Morgan fingerprint density at radius 3 is 2.53 bits per heavy atom. The third kappa shape index (κ3) is 1.58. The van der Waals surface area contributed by atoms with Crippen LogP contribution in [0.25, 0.3) is 5.69 Å². The zero-order valence-electron chi connectivity index (χ0n) is 9.06. The Bertz CT molecular complexity index is 551. The van der Waals surface area contributed by atoms with Gasteiger partial charge in [-0.3, -0.25) is 0 Å². The van der Waals surface area contributed by atoms with Gasteiger partial charge >= 0.3 is 5.69 Å². The number of hydrogen-bond acceptors (Lipinski definition) is 2. The second kappa shape index (κ2) is 3.38. The van der Waals surface area contributed by atoms with Crippen LogP contribution in [0.4, 0.5) is 0 Å². The zero-order valence-corrected chi connectivity index (χ0v) is 9.06. The summed E-state index contributed by atoms with van der Waals surface area (Å²) in [4.78, 5) is 11.8. The molecule has 0 saturated carbocycles. The number of aromatic nitrogens is 3. The summed E-state index contributed by atoms with van der Waals surface area (Å²) in [5, 5.41) is 4.08. The van der Waals surface area contributed by atoms with Crippen LogP contribution in [0.5, 0.6) is 0 Å². The highest BCUT2D eigenvalue weighted by Crippen LogP contribution is 2.08. The minimum absolute atomic E-state index is 0.113. The molecule has 1 aromatic heterocycles. The van der Waals surface area contributed by atoms with Gasteiger partial charge in [-0.25, -0.2) is 14.0 Å². The Hall–Kier alpha value is -1.84. The predicted octanol–water partition coefficient (Wildman–Crippen LogP) is 1.19. The van der Waals surface area contributed by atoms with E-state index in [1.165, 1.54) is 4.68 Å².